The summed E-state index contributed by atoms with van der Waals surface area (Å²) in [5.74, 6) is -0.0771. The van der Waals surface area contributed by atoms with Gasteiger partial charge in [-0.15, -0.1) is 0 Å². The standard InChI is InChI=1S/C27H56O3S/c1-2-3-4-5-6-7-8-9-10-11-12-13-14-15-16-17-18-19-20-21-22-23-24-25-26-27-31(28,29)30/h2-27H2,1H3,(H,28,29,30). The molecule has 0 aliphatic heterocycles. The molecule has 0 saturated carbocycles. The minimum Gasteiger partial charge on any atom is -0.286 e. The molecule has 3 nitrogen and oxygen atoms in total. The Morgan fingerprint density at radius 3 is 0.774 bits per heavy atom. The highest BCUT2D eigenvalue weighted by molar-refractivity contribution is 7.85. The molecule has 0 rings (SSSR count). The average molecular weight is 461 g/mol. The van der Waals surface area contributed by atoms with Gasteiger partial charge >= 0.3 is 0 Å². The molecule has 0 amide bonds. The second kappa shape index (κ2) is 24.6. The van der Waals surface area contributed by atoms with Crippen LogP contribution < -0.4 is 0 Å². The number of hydrogen-bond acceptors (Lipinski definition) is 2. The maximum atomic E-state index is 10.6. The molecule has 1 N–H and O–H groups in total. The summed E-state index contributed by atoms with van der Waals surface area (Å²) in [6.45, 7) is 2.29. The van der Waals surface area contributed by atoms with Gasteiger partial charge in [-0.05, 0) is 6.42 Å². The second-order valence-corrected chi connectivity index (χ2v) is 11.3. The number of unbranched alkanes of at least 4 members (excludes halogenated alkanes) is 24. The van der Waals surface area contributed by atoms with Crippen molar-refractivity contribution in [2.45, 2.75) is 167 Å². The monoisotopic (exact) mass is 460 g/mol. The molecule has 0 aliphatic carbocycles. The van der Waals surface area contributed by atoms with Gasteiger partial charge in [0.15, 0.2) is 0 Å². The molecule has 0 spiro atoms. The van der Waals surface area contributed by atoms with Crippen LogP contribution in [0.2, 0.25) is 0 Å². The highest BCUT2D eigenvalue weighted by Gasteiger charge is 2.02. The Labute approximate surface area is 196 Å². The zero-order chi connectivity index (χ0) is 22.9. The van der Waals surface area contributed by atoms with Crippen LogP contribution in [0.3, 0.4) is 0 Å². The third kappa shape index (κ3) is 29.9. The highest BCUT2D eigenvalue weighted by Crippen LogP contribution is 2.15. The Morgan fingerprint density at radius 2 is 0.581 bits per heavy atom. The summed E-state index contributed by atoms with van der Waals surface area (Å²) in [5.41, 5.74) is 0. The van der Waals surface area contributed by atoms with Crippen LogP contribution >= 0.6 is 0 Å². The van der Waals surface area contributed by atoms with E-state index in [0.29, 0.717) is 6.42 Å². The van der Waals surface area contributed by atoms with Crippen molar-refractivity contribution in [2.24, 2.45) is 0 Å². The van der Waals surface area contributed by atoms with E-state index in [-0.39, 0.29) is 5.75 Å². The predicted octanol–water partition coefficient (Wildman–Crippen LogP) is 9.65. The fourth-order valence-corrected chi connectivity index (χ4v) is 4.99. The molecular weight excluding hydrogens is 404 g/mol. The van der Waals surface area contributed by atoms with Crippen molar-refractivity contribution >= 4 is 10.1 Å². The normalized spacial score (nSPS) is 11.9. The molecular formula is C27H56O3S. The van der Waals surface area contributed by atoms with E-state index in [0.717, 1.165) is 12.8 Å². The van der Waals surface area contributed by atoms with Gasteiger partial charge in [0.05, 0.1) is 5.75 Å². The zero-order valence-electron chi connectivity index (χ0n) is 21.1. The Bertz CT molecular complexity index is 434. The van der Waals surface area contributed by atoms with Gasteiger partial charge in [0, 0.05) is 0 Å². The van der Waals surface area contributed by atoms with E-state index < -0.39 is 10.1 Å². The molecule has 188 valence electrons. The minimum absolute atomic E-state index is 0.0771. The molecule has 0 heterocycles. The fourth-order valence-electron chi connectivity index (χ4n) is 4.42. The van der Waals surface area contributed by atoms with Crippen molar-refractivity contribution in [1.29, 1.82) is 0 Å². The molecule has 0 aromatic heterocycles. The van der Waals surface area contributed by atoms with Crippen LogP contribution in [-0.4, -0.2) is 18.7 Å². The molecule has 31 heavy (non-hydrogen) atoms. The molecule has 4 heteroatoms. The molecule has 0 saturated heterocycles. The van der Waals surface area contributed by atoms with Gasteiger partial charge in [-0.3, -0.25) is 4.55 Å². The zero-order valence-corrected chi connectivity index (χ0v) is 21.9. The molecule has 0 aromatic rings. The summed E-state index contributed by atoms with van der Waals surface area (Å²) in [7, 11) is -3.75. The Morgan fingerprint density at radius 1 is 0.387 bits per heavy atom. The van der Waals surface area contributed by atoms with Crippen LogP contribution in [0, 0.1) is 0 Å². The third-order valence-electron chi connectivity index (χ3n) is 6.51. The molecule has 0 radical (unpaired) electrons. The van der Waals surface area contributed by atoms with E-state index in [1.807, 2.05) is 0 Å². The van der Waals surface area contributed by atoms with Crippen LogP contribution in [-0.2, 0) is 10.1 Å². The van der Waals surface area contributed by atoms with Crippen LogP contribution in [0.1, 0.15) is 167 Å². The summed E-state index contributed by atoms with van der Waals surface area (Å²) < 4.78 is 29.9. The average Bonchev–Trinajstić information content (AvgIpc) is 2.73. The quantitative estimate of drug-likeness (QED) is 0.103. The SMILES string of the molecule is CCCCCCCCCCCCCCCCCCCCCCCCCCCS(=O)(=O)O. The lowest BCUT2D eigenvalue weighted by Crippen LogP contribution is -2.03. The van der Waals surface area contributed by atoms with Crippen LogP contribution in [0.4, 0.5) is 0 Å². The van der Waals surface area contributed by atoms with Gasteiger partial charge < -0.3 is 0 Å². The molecule has 0 unspecified atom stereocenters. The molecule has 0 aromatic carbocycles. The highest BCUT2D eigenvalue weighted by atomic mass is 32.2. The Balaban J connectivity index is 3.04. The van der Waals surface area contributed by atoms with Crippen LogP contribution in [0.5, 0.6) is 0 Å². The lowest BCUT2D eigenvalue weighted by molar-refractivity contribution is 0.478. The van der Waals surface area contributed by atoms with E-state index in [2.05, 4.69) is 6.92 Å². The molecule has 0 atom stereocenters. The molecule has 0 aliphatic rings. The van der Waals surface area contributed by atoms with Crippen molar-refractivity contribution < 1.29 is 13.0 Å². The van der Waals surface area contributed by atoms with Gasteiger partial charge in [-0.25, -0.2) is 0 Å². The Kier molecular flexibility index (Phi) is 24.5. The smallest absolute Gasteiger partial charge is 0.264 e. The van der Waals surface area contributed by atoms with Gasteiger partial charge in [0.25, 0.3) is 10.1 Å². The van der Waals surface area contributed by atoms with E-state index in [9.17, 15) is 8.42 Å². The van der Waals surface area contributed by atoms with Gasteiger partial charge in [-0.1, -0.05) is 161 Å². The third-order valence-corrected chi connectivity index (χ3v) is 7.31. The van der Waals surface area contributed by atoms with Crippen molar-refractivity contribution in [3.05, 3.63) is 0 Å². The first-order valence-electron chi connectivity index (χ1n) is 14.0. The summed E-state index contributed by atoms with van der Waals surface area (Å²) >= 11 is 0. The number of rotatable bonds is 26. The first kappa shape index (κ1) is 30.9. The van der Waals surface area contributed by atoms with Crippen molar-refractivity contribution in [1.82, 2.24) is 0 Å². The maximum absolute atomic E-state index is 10.6. The lowest BCUT2D eigenvalue weighted by atomic mass is 10.0. The van der Waals surface area contributed by atoms with Crippen molar-refractivity contribution in [3.63, 3.8) is 0 Å². The fraction of sp³-hybridized carbons (Fsp3) is 1.00. The topological polar surface area (TPSA) is 54.4 Å². The summed E-state index contributed by atoms with van der Waals surface area (Å²) in [6.07, 6.45) is 33.6. The number of hydrogen-bond donors (Lipinski definition) is 1. The largest absolute Gasteiger partial charge is 0.286 e. The minimum atomic E-state index is -3.75. The van der Waals surface area contributed by atoms with Crippen LogP contribution in [0.25, 0.3) is 0 Å². The van der Waals surface area contributed by atoms with E-state index >= 15 is 0 Å². The van der Waals surface area contributed by atoms with E-state index in [1.54, 1.807) is 0 Å². The maximum Gasteiger partial charge on any atom is 0.264 e. The second-order valence-electron chi connectivity index (χ2n) is 9.77. The van der Waals surface area contributed by atoms with E-state index in [1.165, 1.54) is 141 Å². The molecule has 0 fully saturated rings. The van der Waals surface area contributed by atoms with Gasteiger partial charge in [-0.2, -0.15) is 8.42 Å². The summed E-state index contributed by atoms with van der Waals surface area (Å²) in [5, 5.41) is 0. The van der Waals surface area contributed by atoms with Gasteiger partial charge in [0.1, 0.15) is 0 Å². The molecule has 0 bridgehead atoms. The predicted molar refractivity (Wildman–Crippen MR) is 138 cm³/mol. The van der Waals surface area contributed by atoms with Crippen LogP contribution in [0.15, 0.2) is 0 Å². The van der Waals surface area contributed by atoms with Crippen molar-refractivity contribution in [3.8, 4) is 0 Å². The first-order chi connectivity index (χ1) is 15.1. The Hall–Kier alpha value is -0.0900. The van der Waals surface area contributed by atoms with Gasteiger partial charge in [0.2, 0.25) is 0 Å². The summed E-state index contributed by atoms with van der Waals surface area (Å²) in [6, 6.07) is 0. The van der Waals surface area contributed by atoms with Crippen molar-refractivity contribution in [2.75, 3.05) is 5.75 Å². The first-order valence-corrected chi connectivity index (χ1v) is 15.6. The summed E-state index contributed by atoms with van der Waals surface area (Å²) in [4.78, 5) is 0. The lowest BCUT2D eigenvalue weighted by Gasteiger charge is -2.04. The van der Waals surface area contributed by atoms with E-state index in [4.69, 9.17) is 4.55 Å².